The average molecular weight is 231 g/mol. The van der Waals surface area contributed by atoms with E-state index in [2.05, 4.69) is 19.0 Å². The minimum atomic E-state index is 0.0151. The normalized spacial score (nSPS) is 21.8. The highest BCUT2D eigenvalue weighted by Gasteiger charge is 2.23. The Labute approximate surface area is 96.5 Å². The van der Waals surface area contributed by atoms with Crippen molar-refractivity contribution in [3.05, 3.63) is 0 Å². The fourth-order valence-electron chi connectivity index (χ4n) is 1.60. The van der Waals surface area contributed by atoms with Gasteiger partial charge in [0.1, 0.15) is 0 Å². The maximum Gasteiger partial charge on any atom is 0.309 e. The van der Waals surface area contributed by atoms with Gasteiger partial charge in [-0.1, -0.05) is 0 Å². The quantitative estimate of drug-likeness (QED) is 0.513. The van der Waals surface area contributed by atoms with Gasteiger partial charge in [0.05, 0.1) is 12.5 Å². The third-order valence-corrected chi connectivity index (χ3v) is 3.70. The Kier molecular flexibility index (Phi) is 6.10. The summed E-state index contributed by atoms with van der Waals surface area (Å²) < 4.78 is 5.03. The van der Waals surface area contributed by atoms with Gasteiger partial charge in [-0.15, -0.1) is 0 Å². The molecule has 1 fully saturated rings. The third kappa shape index (κ3) is 5.42. The van der Waals surface area contributed by atoms with E-state index in [1.165, 1.54) is 6.42 Å². The number of carbonyl (C=O) groups excluding carboxylic acids is 1. The molecule has 15 heavy (non-hydrogen) atoms. The molecule has 1 heterocycles. The van der Waals surface area contributed by atoms with Crippen LogP contribution in [0.2, 0.25) is 0 Å². The molecule has 1 atom stereocenters. The van der Waals surface area contributed by atoms with E-state index < -0.39 is 0 Å². The molecule has 0 radical (unpaired) electrons. The fourth-order valence-corrected chi connectivity index (χ4v) is 2.69. The lowest BCUT2D eigenvalue weighted by Gasteiger charge is -2.20. The number of rotatable bonds is 6. The summed E-state index contributed by atoms with van der Waals surface area (Å²) in [5.41, 5.74) is 0. The van der Waals surface area contributed by atoms with E-state index >= 15 is 0 Å². The van der Waals surface area contributed by atoms with Gasteiger partial charge in [-0.25, -0.2) is 0 Å². The molecule has 0 N–H and O–H groups in total. The second kappa shape index (κ2) is 7.12. The van der Waals surface area contributed by atoms with Crippen molar-refractivity contribution in [2.24, 2.45) is 5.92 Å². The van der Waals surface area contributed by atoms with E-state index in [9.17, 15) is 4.79 Å². The highest BCUT2D eigenvalue weighted by molar-refractivity contribution is 7.99. The minimum Gasteiger partial charge on any atom is -0.465 e. The zero-order chi connectivity index (χ0) is 11.1. The first-order chi connectivity index (χ1) is 7.20. The van der Waals surface area contributed by atoms with Crippen molar-refractivity contribution < 1.29 is 9.53 Å². The SMILES string of the molecule is CN(C)CCCSCC1CCCOC1=O. The van der Waals surface area contributed by atoms with Gasteiger partial charge in [0.15, 0.2) is 0 Å². The van der Waals surface area contributed by atoms with Crippen LogP contribution >= 0.6 is 11.8 Å². The zero-order valence-corrected chi connectivity index (χ0v) is 10.5. The highest BCUT2D eigenvalue weighted by atomic mass is 32.2. The van der Waals surface area contributed by atoms with Gasteiger partial charge in [0.2, 0.25) is 0 Å². The second-order valence-corrected chi connectivity index (χ2v) is 5.39. The number of hydrogen-bond donors (Lipinski definition) is 0. The van der Waals surface area contributed by atoms with Crippen LogP contribution in [0.1, 0.15) is 19.3 Å². The Bertz CT molecular complexity index is 197. The molecule has 1 aliphatic heterocycles. The Hall–Kier alpha value is -0.220. The molecule has 0 aliphatic carbocycles. The molecule has 0 amide bonds. The molecule has 1 unspecified atom stereocenters. The van der Waals surface area contributed by atoms with E-state index in [1.807, 2.05) is 11.8 Å². The van der Waals surface area contributed by atoms with E-state index in [0.717, 1.165) is 30.9 Å². The van der Waals surface area contributed by atoms with Gasteiger partial charge < -0.3 is 9.64 Å². The first-order valence-corrected chi connectivity index (χ1v) is 6.74. The molecule has 0 aromatic carbocycles. The lowest BCUT2D eigenvalue weighted by Crippen LogP contribution is -2.26. The molecule has 1 saturated heterocycles. The smallest absolute Gasteiger partial charge is 0.309 e. The number of esters is 1. The Morgan fingerprint density at radius 2 is 2.33 bits per heavy atom. The van der Waals surface area contributed by atoms with E-state index in [0.29, 0.717) is 6.61 Å². The minimum absolute atomic E-state index is 0.0151. The van der Waals surface area contributed by atoms with Crippen LogP contribution in [0.5, 0.6) is 0 Å². The first-order valence-electron chi connectivity index (χ1n) is 5.59. The Morgan fingerprint density at radius 3 is 3.00 bits per heavy atom. The van der Waals surface area contributed by atoms with Crippen LogP contribution < -0.4 is 0 Å². The van der Waals surface area contributed by atoms with Gasteiger partial charge in [0.25, 0.3) is 0 Å². The number of cyclic esters (lactones) is 1. The van der Waals surface area contributed by atoms with Crippen LogP contribution in [0.4, 0.5) is 0 Å². The van der Waals surface area contributed by atoms with Crippen LogP contribution in [-0.2, 0) is 9.53 Å². The first kappa shape index (κ1) is 12.8. The average Bonchev–Trinajstić information content (AvgIpc) is 2.20. The summed E-state index contributed by atoms with van der Waals surface area (Å²) in [7, 11) is 4.17. The molecule has 1 rings (SSSR count). The van der Waals surface area contributed by atoms with Crippen molar-refractivity contribution in [3.8, 4) is 0 Å². The fraction of sp³-hybridized carbons (Fsp3) is 0.909. The number of thioether (sulfide) groups is 1. The molecule has 88 valence electrons. The maximum absolute atomic E-state index is 11.3. The Balaban J connectivity index is 2.01. The summed E-state index contributed by atoms with van der Waals surface area (Å²) in [4.78, 5) is 13.5. The molecule has 0 bridgehead atoms. The van der Waals surface area contributed by atoms with Crippen LogP contribution in [0.25, 0.3) is 0 Å². The predicted octanol–water partition coefficient (Wildman–Crippen LogP) is 1.62. The van der Waals surface area contributed by atoms with Crippen LogP contribution in [0, 0.1) is 5.92 Å². The van der Waals surface area contributed by atoms with Gasteiger partial charge in [-0.3, -0.25) is 4.79 Å². The number of carbonyl (C=O) groups is 1. The van der Waals surface area contributed by atoms with Crippen LogP contribution in [0.3, 0.4) is 0 Å². The van der Waals surface area contributed by atoms with Gasteiger partial charge in [-0.05, 0) is 45.7 Å². The lowest BCUT2D eigenvalue weighted by molar-refractivity contribution is -0.151. The monoisotopic (exact) mass is 231 g/mol. The molecule has 0 spiro atoms. The molecule has 3 nitrogen and oxygen atoms in total. The van der Waals surface area contributed by atoms with Crippen LogP contribution in [-0.4, -0.2) is 49.6 Å². The van der Waals surface area contributed by atoms with Crippen molar-refractivity contribution >= 4 is 17.7 Å². The number of ether oxygens (including phenoxy) is 1. The Morgan fingerprint density at radius 1 is 1.53 bits per heavy atom. The highest BCUT2D eigenvalue weighted by Crippen LogP contribution is 2.20. The molecule has 1 aliphatic rings. The molecule has 0 aromatic heterocycles. The van der Waals surface area contributed by atoms with Crippen molar-refractivity contribution in [2.45, 2.75) is 19.3 Å². The van der Waals surface area contributed by atoms with Crippen molar-refractivity contribution in [2.75, 3.05) is 38.8 Å². The summed E-state index contributed by atoms with van der Waals surface area (Å²) in [6.45, 7) is 1.75. The number of hydrogen-bond acceptors (Lipinski definition) is 4. The summed E-state index contributed by atoms with van der Waals surface area (Å²) in [6, 6.07) is 0. The van der Waals surface area contributed by atoms with E-state index in [1.54, 1.807) is 0 Å². The van der Waals surface area contributed by atoms with Crippen molar-refractivity contribution in [3.63, 3.8) is 0 Å². The van der Waals surface area contributed by atoms with Crippen molar-refractivity contribution in [1.29, 1.82) is 0 Å². The maximum atomic E-state index is 11.3. The molecule has 4 heteroatoms. The standard InChI is InChI=1S/C11H21NO2S/c1-12(2)6-4-8-15-9-10-5-3-7-14-11(10)13/h10H,3-9H2,1-2H3. The van der Waals surface area contributed by atoms with Gasteiger partial charge >= 0.3 is 5.97 Å². The summed E-state index contributed by atoms with van der Waals surface area (Å²) >= 11 is 1.88. The molecule has 0 saturated carbocycles. The second-order valence-electron chi connectivity index (χ2n) is 4.24. The predicted molar refractivity (Wildman–Crippen MR) is 64.2 cm³/mol. The molecular weight excluding hydrogens is 210 g/mol. The zero-order valence-electron chi connectivity index (χ0n) is 9.70. The summed E-state index contributed by atoms with van der Waals surface area (Å²) in [5, 5.41) is 0. The third-order valence-electron chi connectivity index (χ3n) is 2.49. The van der Waals surface area contributed by atoms with Gasteiger partial charge in [0, 0.05) is 5.75 Å². The summed E-state index contributed by atoms with van der Waals surface area (Å²) in [6.07, 6.45) is 3.24. The van der Waals surface area contributed by atoms with Crippen molar-refractivity contribution in [1.82, 2.24) is 4.90 Å². The van der Waals surface area contributed by atoms with Gasteiger partial charge in [-0.2, -0.15) is 11.8 Å². The van der Waals surface area contributed by atoms with E-state index in [-0.39, 0.29) is 11.9 Å². The topological polar surface area (TPSA) is 29.5 Å². The van der Waals surface area contributed by atoms with E-state index in [4.69, 9.17) is 4.74 Å². The summed E-state index contributed by atoms with van der Waals surface area (Å²) in [5.74, 6) is 2.25. The number of nitrogens with zero attached hydrogens (tertiary/aromatic N) is 1. The lowest BCUT2D eigenvalue weighted by atomic mass is 10.0. The molecule has 0 aromatic rings. The largest absolute Gasteiger partial charge is 0.465 e. The van der Waals surface area contributed by atoms with Crippen LogP contribution in [0.15, 0.2) is 0 Å². The molecular formula is C11H21NO2S.